The summed E-state index contributed by atoms with van der Waals surface area (Å²) in [6, 6.07) is 1.40. The summed E-state index contributed by atoms with van der Waals surface area (Å²) >= 11 is 0. The molecule has 116 valence electrons. The minimum Gasteiger partial charge on any atom is -0.382 e. The Hall–Kier alpha value is -2.39. The molecular formula is C11H11F4N3O3. The normalized spacial score (nSPS) is 11.1. The van der Waals surface area contributed by atoms with Crippen molar-refractivity contribution in [3.63, 3.8) is 0 Å². The van der Waals surface area contributed by atoms with Gasteiger partial charge in [0.25, 0.3) is 11.6 Å². The fourth-order valence-corrected chi connectivity index (χ4v) is 1.50. The average molecular weight is 309 g/mol. The lowest BCUT2D eigenvalue weighted by atomic mass is 10.1. The Morgan fingerprint density at radius 2 is 2.00 bits per heavy atom. The van der Waals surface area contributed by atoms with Crippen LogP contribution in [0.15, 0.2) is 12.1 Å². The molecule has 6 nitrogen and oxygen atoms in total. The highest BCUT2D eigenvalue weighted by molar-refractivity contribution is 5.96. The number of nitrogens with one attached hydrogen (secondary N) is 2. The zero-order valence-corrected chi connectivity index (χ0v) is 10.8. The van der Waals surface area contributed by atoms with E-state index < -0.39 is 47.0 Å². The van der Waals surface area contributed by atoms with Gasteiger partial charge in [-0.1, -0.05) is 0 Å². The first-order valence-electron chi connectivity index (χ1n) is 5.66. The van der Waals surface area contributed by atoms with Gasteiger partial charge in [-0.3, -0.25) is 14.9 Å². The monoisotopic (exact) mass is 309 g/mol. The number of nitro groups is 1. The molecule has 0 unspecified atom stereocenters. The van der Waals surface area contributed by atoms with E-state index in [-0.39, 0.29) is 5.69 Å². The number of anilines is 1. The number of rotatable bonds is 5. The molecule has 0 atom stereocenters. The Bertz CT molecular complexity index is 560. The van der Waals surface area contributed by atoms with Gasteiger partial charge in [0.05, 0.1) is 16.9 Å². The van der Waals surface area contributed by atoms with Crippen LogP contribution in [0, 0.1) is 15.9 Å². The molecule has 0 aliphatic rings. The summed E-state index contributed by atoms with van der Waals surface area (Å²) in [4.78, 5) is 21.5. The van der Waals surface area contributed by atoms with Crippen LogP contribution in [0.5, 0.6) is 0 Å². The standard InChI is InChI=1S/C11H11F4N3O3/c1-16-8-5-7(12)6(4-9(8)18(20)21)10(19)17-3-2-11(13,14)15/h4-5,16H,2-3H2,1H3,(H,17,19). The molecule has 0 spiro atoms. The molecule has 0 aliphatic heterocycles. The zero-order chi connectivity index (χ0) is 16.2. The van der Waals surface area contributed by atoms with E-state index in [1.54, 1.807) is 0 Å². The van der Waals surface area contributed by atoms with Gasteiger partial charge in [-0.2, -0.15) is 13.2 Å². The maximum Gasteiger partial charge on any atom is 0.390 e. The summed E-state index contributed by atoms with van der Waals surface area (Å²) in [5, 5.41) is 15.0. The zero-order valence-electron chi connectivity index (χ0n) is 10.8. The van der Waals surface area contributed by atoms with E-state index in [1.807, 2.05) is 5.32 Å². The minimum absolute atomic E-state index is 0.149. The molecule has 1 aromatic carbocycles. The van der Waals surface area contributed by atoms with Gasteiger partial charge in [0.1, 0.15) is 11.5 Å². The van der Waals surface area contributed by atoms with Crippen molar-refractivity contribution in [1.82, 2.24) is 5.32 Å². The van der Waals surface area contributed by atoms with Crippen molar-refractivity contribution in [3.05, 3.63) is 33.6 Å². The van der Waals surface area contributed by atoms with E-state index >= 15 is 0 Å². The van der Waals surface area contributed by atoms with Gasteiger partial charge in [-0.05, 0) is 0 Å². The summed E-state index contributed by atoms with van der Waals surface area (Å²) in [7, 11) is 1.32. The van der Waals surface area contributed by atoms with Crippen molar-refractivity contribution in [2.75, 3.05) is 18.9 Å². The third kappa shape index (κ3) is 4.58. The van der Waals surface area contributed by atoms with E-state index in [1.165, 1.54) is 7.05 Å². The summed E-state index contributed by atoms with van der Waals surface area (Å²) in [5.74, 6) is -2.23. The summed E-state index contributed by atoms with van der Waals surface area (Å²) < 4.78 is 49.4. The molecule has 1 aromatic rings. The first-order chi connectivity index (χ1) is 9.65. The number of hydrogen-bond acceptors (Lipinski definition) is 4. The van der Waals surface area contributed by atoms with Crippen molar-refractivity contribution in [3.8, 4) is 0 Å². The number of nitro benzene ring substituents is 1. The van der Waals surface area contributed by atoms with Crippen LogP contribution in [0.2, 0.25) is 0 Å². The van der Waals surface area contributed by atoms with Crippen LogP contribution in [0.1, 0.15) is 16.8 Å². The lowest BCUT2D eigenvalue weighted by Gasteiger charge is -2.09. The van der Waals surface area contributed by atoms with Crippen LogP contribution in [0.3, 0.4) is 0 Å². The molecule has 1 amide bonds. The molecule has 0 radical (unpaired) electrons. The first-order valence-corrected chi connectivity index (χ1v) is 5.66. The summed E-state index contributed by atoms with van der Waals surface area (Å²) in [5.41, 5.74) is -1.40. The fourth-order valence-electron chi connectivity index (χ4n) is 1.50. The molecule has 0 heterocycles. The van der Waals surface area contributed by atoms with Crippen molar-refractivity contribution in [1.29, 1.82) is 0 Å². The van der Waals surface area contributed by atoms with Crippen LogP contribution in [-0.4, -0.2) is 30.6 Å². The second kappa shape index (κ2) is 6.37. The molecule has 0 saturated heterocycles. The molecule has 0 fully saturated rings. The van der Waals surface area contributed by atoms with Crippen molar-refractivity contribution >= 4 is 17.3 Å². The van der Waals surface area contributed by atoms with Gasteiger partial charge in [0.2, 0.25) is 0 Å². The van der Waals surface area contributed by atoms with Crippen LogP contribution in [0.25, 0.3) is 0 Å². The predicted octanol–water partition coefficient (Wildman–Crippen LogP) is 2.46. The quantitative estimate of drug-likeness (QED) is 0.497. The number of halogens is 4. The highest BCUT2D eigenvalue weighted by atomic mass is 19.4. The summed E-state index contributed by atoms with van der Waals surface area (Å²) in [6.07, 6.45) is -5.75. The maximum atomic E-state index is 13.6. The predicted molar refractivity (Wildman–Crippen MR) is 65.6 cm³/mol. The van der Waals surface area contributed by atoms with E-state index in [0.717, 1.165) is 6.07 Å². The van der Waals surface area contributed by atoms with Crippen molar-refractivity contribution in [2.45, 2.75) is 12.6 Å². The van der Waals surface area contributed by atoms with Crippen LogP contribution >= 0.6 is 0 Å². The van der Waals surface area contributed by atoms with Crippen molar-refractivity contribution in [2.24, 2.45) is 0 Å². The second-order valence-corrected chi connectivity index (χ2v) is 3.98. The number of nitrogens with zero attached hydrogens (tertiary/aromatic N) is 1. The van der Waals surface area contributed by atoms with E-state index in [4.69, 9.17) is 0 Å². The topological polar surface area (TPSA) is 84.3 Å². The molecule has 0 aromatic heterocycles. The molecular weight excluding hydrogens is 298 g/mol. The molecule has 1 rings (SSSR count). The van der Waals surface area contributed by atoms with Gasteiger partial charge in [-0.15, -0.1) is 0 Å². The lowest BCUT2D eigenvalue weighted by molar-refractivity contribution is -0.384. The third-order valence-corrected chi connectivity index (χ3v) is 2.49. The Kier molecular flexibility index (Phi) is 5.06. The number of benzene rings is 1. The van der Waals surface area contributed by atoms with Gasteiger partial charge >= 0.3 is 6.18 Å². The Morgan fingerprint density at radius 1 is 1.38 bits per heavy atom. The Labute approximate surface area is 116 Å². The number of amides is 1. The van der Waals surface area contributed by atoms with E-state index in [9.17, 15) is 32.5 Å². The lowest BCUT2D eigenvalue weighted by Crippen LogP contribution is -2.28. The maximum absolute atomic E-state index is 13.6. The molecule has 0 aliphatic carbocycles. The smallest absolute Gasteiger partial charge is 0.382 e. The van der Waals surface area contributed by atoms with E-state index in [0.29, 0.717) is 6.07 Å². The van der Waals surface area contributed by atoms with Crippen LogP contribution in [-0.2, 0) is 0 Å². The van der Waals surface area contributed by atoms with Gasteiger partial charge < -0.3 is 10.6 Å². The highest BCUT2D eigenvalue weighted by Crippen LogP contribution is 2.27. The summed E-state index contributed by atoms with van der Waals surface area (Å²) in [6.45, 7) is -0.747. The Morgan fingerprint density at radius 3 is 2.48 bits per heavy atom. The molecule has 0 bridgehead atoms. The fraction of sp³-hybridized carbons (Fsp3) is 0.364. The number of alkyl halides is 3. The number of carbonyl (C=O) groups is 1. The first kappa shape index (κ1) is 16.7. The SMILES string of the molecule is CNc1cc(F)c(C(=O)NCCC(F)(F)F)cc1[N+](=O)[O-]. The molecule has 2 N–H and O–H groups in total. The van der Waals surface area contributed by atoms with Gasteiger partial charge in [0.15, 0.2) is 0 Å². The van der Waals surface area contributed by atoms with Crippen molar-refractivity contribution < 1.29 is 27.3 Å². The molecule has 0 saturated carbocycles. The molecule has 10 heteroatoms. The third-order valence-electron chi connectivity index (χ3n) is 2.49. The minimum atomic E-state index is -4.46. The van der Waals surface area contributed by atoms with Crippen LogP contribution < -0.4 is 10.6 Å². The van der Waals surface area contributed by atoms with Gasteiger partial charge in [-0.25, -0.2) is 4.39 Å². The van der Waals surface area contributed by atoms with E-state index in [2.05, 4.69) is 5.32 Å². The highest BCUT2D eigenvalue weighted by Gasteiger charge is 2.27. The number of carbonyl (C=O) groups excluding carboxylic acids is 1. The Balaban J connectivity index is 2.94. The van der Waals surface area contributed by atoms with Gasteiger partial charge in [0, 0.05) is 25.7 Å². The largest absolute Gasteiger partial charge is 0.390 e. The molecule has 21 heavy (non-hydrogen) atoms. The van der Waals surface area contributed by atoms with Crippen LogP contribution in [0.4, 0.5) is 28.9 Å². The second-order valence-electron chi connectivity index (χ2n) is 3.98. The number of hydrogen-bond donors (Lipinski definition) is 2. The average Bonchev–Trinajstić information content (AvgIpc) is 2.36.